The number of carbonyl (C=O) groups excluding carboxylic acids is 1. The second-order valence-corrected chi connectivity index (χ2v) is 6.33. The lowest BCUT2D eigenvalue weighted by Gasteiger charge is -2.25. The molecule has 0 radical (unpaired) electrons. The second kappa shape index (κ2) is 7.61. The third-order valence-electron chi connectivity index (χ3n) is 4.56. The van der Waals surface area contributed by atoms with Crippen LogP contribution in [0.25, 0.3) is 0 Å². The lowest BCUT2D eigenvalue weighted by atomic mass is 9.99. The van der Waals surface area contributed by atoms with Crippen LogP contribution in [0.3, 0.4) is 0 Å². The van der Waals surface area contributed by atoms with E-state index < -0.39 is 0 Å². The van der Waals surface area contributed by atoms with E-state index in [1.807, 2.05) is 19.1 Å². The molecule has 1 aliphatic rings. The minimum atomic E-state index is -0.229. The fourth-order valence-electron chi connectivity index (χ4n) is 3.06. The molecule has 2 aromatic rings. The van der Waals surface area contributed by atoms with E-state index in [9.17, 15) is 4.79 Å². The van der Waals surface area contributed by atoms with Crippen molar-refractivity contribution in [2.24, 2.45) is 5.92 Å². The quantitative estimate of drug-likeness (QED) is 0.798. The highest BCUT2D eigenvalue weighted by Gasteiger charge is 2.23. The SMILES string of the molecule is CCc1nnc2n1C[C@@H](CN[C@H](C)C(=O)NCc1ccco1)CC2. The van der Waals surface area contributed by atoms with Crippen LogP contribution in [0.4, 0.5) is 0 Å². The number of nitrogens with zero attached hydrogens (tertiary/aromatic N) is 3. The zero-order chi connectivity index (χ0) is 16.9. The van der Waals surface area contributed by atoms with E-state index in [-0.39, 0.29) is 11.9 Å². The highest BCUT2D eigenvalue weighted by molar-refractivity contribution is 5.81. The number of furan rings is 1. The molecule has 7 nitrogen and oxygen atoms in total. The van der Waals surface area contributed by atoms with Crippen molar-refractivity contribution in [2.45, 2.75) is 52.2 Å². The second-order valence-electron chi connectivity index (χ2n) is 6.33. The summed E-state index contributed by atoms with van der Waals surface area (Å²) in [7, 11) is 0. The van der Waals surface area contributed by atoms with Gasteiger partial charge in [-0.1, -0.05) is 6.92 Å². The number of amides is 1. The topological polar surface area (TPSA) is 85.0 Å². The molecule has 0 fully saturated rings. The van der Waals surface area contributed by atoms with E-state index in [4.69, 9.17) is 4.42 Å². The molecule has 2 atom stereocenters. The van der Waals surface area contributed by atoms with Crippen LogP contribution >= 0.6 is 0 Å². The first kappa shape index (κ1) is 16.7. The minimum absolute atomic E-state index is 0.0126. The van der Waals surface area contributed by atoms with Gasteiger partial charge in [-0.2, -0.15) is 0 Å². The predicted octanol–water partition coefficient (Wildman–Crippen LogP) is 1.29. The average Bonchev–Trinajstić information content (AvgIpc) is 3.26. The monoisotopic (exact) mass is 331 g/mol. The molecule has 7 heteroatoms. The summed E-state index contributed by atoms with van der Waals surface area (Å²) in [4.78, 5) is 12.1. The van der Waals surface area contributed by atoms with Crippen molar-refractivity contribution < 1.29 is 9.21 Å². The molecular formula is C17H25N5O2. The number of aromatic nitrogens is 3. The highest BCUT2D eigenvalue weighted by atomic mass is 16.3. The summed E-state index contributed by atoms with van der Waals surface area (Å²) < 4.78 is 7.45. The Balaban J connectivity index is 1.44. The maximum atomic E-state index is 12.1. The largest absolute Gasteiger partial charge is 0.467 e. The molecule has 0 spiro atoms. The molecule has 3 rings (SSSR count). The first-order valence-electron chi connectivity index (χ1n) is 8.61. The van der Waals surface area contributed by atoms with Gasteiger partial charge in [0.05, 0.1) is 18.8 Å². The number of aryl methyl sites for hydroxylation is 2. The number of rotatable bonds is 7. The van der Waals surface area contributed by atoms with Crippen LogP contribution in [0.5, 0.6) is 0 Å². The molecule has 130 valence electrons. The molecule has 2 aromatic heterocycles. The van der Waals surface area contributed by atoms with E-state index in [0.29, 0.717) is 12.5 Å². The van der Waals surface area contributed by atoms with Crippen LogP contribution in [0, 0.1) is 5.92 Å². The van der Waals surface area contributed by atoms with Crippen molar-refractivity contribution >= 4 is 5.91 Å². The third-order valence-corrected chi connectivity index (χ3v) is 4.56. The number of hydrogen-bond acceptors (Lipinski definition) is 5. The maximum Gasteiger partial charge on any atom is 0.237 e. The van der Waals surface area contributed by atoms with Crippen molar-refractivity contribution in [3.8, 4) is 0 Å². The normalized spacial score (nSPS) is 18.2. The first-order valence-corrected chi connectivity index (χ1v) is 8.61. The van der Waals surface area contributed by atoms with Crippen molar-refractivity contribution in [2.75, 3.05) is 6.54 Å². The van der Waals surface area contributed by atoms with Crippen molar-refractivity contribution in [1.82, 2.24) is 25.4 Å². The maximum absolute atomic E-state index is 12.1. The Kier molecular flexibility index (Phi) is 5.30. The van der Waals surface area contributed by atoms with Crippen LogP contribution in [0.2, 0.25) is 0 Å². The Labute approximate surface area is 141 Å². The van der Waals surface area contributed by atoms with Crippen molar-refractivity contribution in [3.63, 3.8) is 0 Å². The van der Waals surface area contributed by atoms with Crippen LogP contribution in [0.15, 0.2) is 22.8 Å². The fraction of sp³-hybridized carbons (Fsp3) is 0.588. The zero-order valence-corrected chi connectivity index (χ0v) is 14.3. The zero-order valence-electron chi connectivity index (χ0n) is 14.3. The van der Waals surface area contributed by atoms with E-state index in [1.54, 1.807) is 6.26 Å². The van der Waals surface area contributed by atoms with Gasteiger partial charge in [0.1, 0.15) is 17.4 Å². The van der Waals surface area contributed by atoms with Gasteiger partial charge in [0.2, 0.25) is 5.91 Å². The smallest absolute Gasteiger partial charge is 0.237 e. The van der Waals surface area contributed by atoms with Gasteiger partial charge < -0.3 is 19.6 Å². The lowest BCUT2D eigenvalue weighted by molar-refractivity contribution is -0.123. The van der Waals surface area contributed by atoms with Crippen LogP contribution in [-0.2, 0) is 30.7 Å². The van der Waals surface area contributed by atoms with Crippen molar-refractivity contribution in [1.29, 1.82) is 0 Å². The first-order chi connectivity index (χ1) is 11.7. The third kappa shape index (κ3) is 3.84. The molecular weight excluding hydrogens is 306 g/mol. The standard InChI is InChI=1S/C17H25N5O2/c1-3-15-20-21-16-7-6-13(11-22(15)16)9-18-12(2)17(23)19-10-14-5-4-8-24-14/h4-5,8,12-13,18H,3,6-7,9-11H2,1-2H3,(H,19,23)/t12-,13-/m1/s1. The Morgan fingerprint density at radius 1 is 1.50 bits per heavy atom. The summed E-state index contributed by atoms with van der Waals surface area (Å²) in [5.41, 5.74) is 0. The summed E-state index contributed by atoms with van der Waals surface area (Å²) in [6, 6.07) is 3.44. The van der Waals surface area contributed by atoms with Gasteiger partial charge in [0.15, 0.2) is 0 Å². The lowest BCUT2D eigenvalue weighted by Crippen LogP contribution is -2.44. The molecule has 0 saturated carbocycles. The van der Waals surface area contributed by atoms with E-state index in [1.165, 1.54) is 0 Å². The number of carbonyl (C=O) groups is 1. The van der Waals surface area contributed by atoms with Gasteiger partial charge in [0.25, 0.3) is 0 Å². The Hall–Kier alpha value is -2.15. The van der Waals surface area contributed by atoms with Gasteiger partial charge in [-0.3, -0.25) is 4.79 Å². The van der Waals surface area contributed by atoms with Gasteiger partial charge >= 0.3 is 0 Å². The minimum Gasteiger partial charge on any atom is -0.467 e. The van der Waals surface area contributed by atoms with E-state index in [0.717, 1.165) is 49.8 Å². The van der Waals surface area contributed by atoms with Crippen LogP contribution in [-0.4, -0.2) is 33.3 Å². The van der Waals surface area contributed by atoms with Gasteiger partial charge in [-0.05, 0) is 31.4 Å². The summed E-state index contributed by atoms with van der Waals surface area (Å²) in [5.74, 6) is 3.39. The van der Waals surface area contributed by atoms with Crippen molar-refractivity contribution in [3.05, 3.63) is 35.8 Å². The molecule has 0 aromatic carbocycles. The van der Waals surface area contributed by atoms with E-state index in [2.05, 4.69) is 32.3 Å². The molecule has 0 bridgehead atoms. The number of nitrogens with one attached hydrogen (secondary N) is 2. The number of fused-ring (bicyclic) bond motifs is 1. The molecule has 0 unspecified atom stereocenters. The molecule has 0 saturated heterocycles. The predicted molar refractivity (Wildman–Crippen MR) is 89.2 cm³/mol. The molecule has 2 N–H and O–H groups in total. The Bertz CT molecular complexity index is 651. The molecule has 0 aliphatic carbocycles. The Morgan fingerprint density at radius 2 is 2.38 bits per heavy atom. The van der Waals surface area contributed by atoms with Gasteiger partial charge in [0, 0.05) is 25.9 Å². The van der Waals surface area contributed by atoms with Gasteiger partial charge in [-0.15, -0.1) is 10.2 Å². The van der Waals surface area contributed by atoms with E-state index >= 15 is 0 Å². The van der Waals surface area contributed by atoms with Gasteiger partial charge in [-0.25, -0.2) is 0 Å². The summed E-state index contributed by atoms with van der Waals surface area (Å²) in [5, 5.41) is 14.7. The fourth-order valence-corrected chi connectivity index (χ4v) is 3.06. The average molecular weight is 331 g/mol. The summed E-state index contributed by atoms with van der Waals surface area (Å²) in [6.45, 7) is 6.16. The highest BCUT2D eigenvalue weighted by Crippen LogP contribution is 2.19. The summed E-state index contributed by atoms with van der Waals surface area (Å²) >= 11 is 0. The Morgan fingerprint density at radius 3 is 3.12 bits per heavy atom. The van der Waals surface area contributed by atoms with Crippen LogP contribution in [0.1, 0.15) is 37.7 Å². The van der Waals surface area contributed by atoms with Crippen LogP contribution < -0.4 is 10.6 Å². The molecule has 1 aliphatic heterocycles. The molecule has 24 heavy (non-hydrogen) atoms. The number of hydrogen-bond donors (Lipinski definition) is 2. The summed E-state index contributed by atoms with van der Waals surface area (Å²) in [6.07, 6.45) is 4.54. The molecule has 3 heterocycles. The molecule has 1 amide bonds.